The van der Waals surface area contributed by atoms with Crippen LogP contribution in [0.2, 0.25) is 0 Å². The Morgan fingerprint density at radius 2 is 2.04 bits per heavy atom. The second-order valence-electron chi connectivity index (χ2n) is 6.40. The van der Waals surface area contributed by atoms with Gasteiger partial charge in [-0.25, -0.2) is 0 Å². The van der Waals surface area contributed by atoms with Crippen molar-refractivity contribution in [1.29, 1.82) is 0 Å². The lowest BCUT2D eigenvalue weighted by molar-refractivity contribution is -0.385. The molecule has 2 heterocycles. The van der Waals surface area contributed by atoms with Gasteiger partial charge < -0.3 is 9.64 Å². The number of ether oxygens (including phenoxy) is 1. The minimum Gasteiger partial charge on any atom is -0.497 e. The van der Waals surface area contributed by atoms with Gasteiger partial charge in [0.1, 0.15) is 11.9 Å². The normalized spacial score (nSPS) is 15.0. The third-order valence-electron chi connectivity index (χ3n) is 4.67. The van der Waals surface area contributed by atoms with Crippen LogP contribution in [0.3, 0.4) is 0 Å². The van der Waals surface area contributed by atoms with Crippen LogP contribution in [0.1, 0.15) is 23.0 Å². The van der Waals surface area contributed by atoms with E-state index in [-0.39, 0.29) is 17.3 Å². The van der Waals surface area contributed by atoms with Crippen molar-refractivity contribution in [3.8, 4) is 5.75 Å². The van der Waals surface area contributed by atoms with Crippen molar-refractivity contribution in [1.82, 2.24) is 19.6 Å². The summed E-state index contributed by atoms with van der Waals surface area (Å²) < 4.78 is 6.67. The van der Waals surface area contributed by atoms with E-state index in [2.05, 4.69) is 10.00 Å². The molecule has 27 heavy (non-hydrogen) atoms. The Hall–Kier alpha value is -2.94. The number of nitro groups is 1. The standard InChI is InChI=1S/C18H23N5O4/c1-3-22-13-16(23(25)26)17(19-22)18(24)21-9-7-20(8-10-21)12-14-5-4-6-15(11-14)27-2/h4-6,11,13H,3,7-10,12H2,1-2H3. The smallest absolute Gasteiger partial charge is 0.320 e. The number of hydrogen-bond donors (Lipinski definition) is 0. The van der Waals surface area contributed by atoms with Crippen molar-refractivity contribution < 1.29 is 14.5 Å². The van der Waals surface area contributed by atoms with Crippen LogP contribution in [0.4, 0.5) is 5.69 Å². The van der Waals surface area contributed by atoms with Gasteiger partial charge in [-0.3, -0.25) is 24.5 Å². The molecule has 0 aliphatic carbocycles. The molecule has 3 rings (SSSR count). The van der Waals surface area contributed by atoms with Gasteiger partial charge in [-0.15, -0.1) is 0 Å². The summed E-state index contributed by atoms with van der Waals surface area (Å²) >= 11 is 0. The Balaban J connectivity index is 1.62. The highest BCUT2D eigenvalue weighted by Gasteiger charge is 2.31. The van der Waals surface area contributed by atoms with Gasteiger partial charge in [0.15, 0.2) is 0 Å². The summed E-state index contributed by atoms with van der Waals surface area (Å²) in [5.74, 6) is 0.440. The zero-order valence-corrected chi connectivity index (χ0v) is 15.5. The summed E-state index contributed by atoms with van der Waals surface area (Å²) in [5.41, 5.74) is 0.829. The van der Waals surface area contributed by atoms with Crippen LogP contribution in [0, 0.1) is 10.1 Å². The van der Waals surface area contributed by atoms with Gasteiger partial charge in [-0.05, 0) is 24.6 Å². The monoisotopic (exact) mass is 373 g/mol. The topological polar surface area (TPSA) is 93.7 Å². The highest BCUT2D eigenvalue weighted by molar-refractivity contribution is 5.96. The summed E-state index contributed by atoms with van der Waals surface area (Å²) in [4.78, 5) is 27.3. The second kappa shape index (κ2) is 8.17. The van der Waals surface area contributed by atoms with Crippen LogP contribution < -0.4 is 4.74 Å². The maximum atomic E-state index is 12.7. The van der Waals surface area contributed by atoms with E-state index in [1.807, 2.05) is 31.2 Å². The number of amides is 1. The minimum atomic E-state index is -0.550. The van der Waals surface area contributed by atoms with Crippen molar-refractivity contribution in [3.63, 3.8) is 0 Å². The average molecular weight is 373 g/mol. The van der Waals surface area contributed by atoms with E-state index in [1.165, 1.54) is 10.9 Å². The van der Waals surface area contributed by atoms with Gasteiger partial charge in [-0.1, -0.05) is 12.1 Å². The first kappa shape index (κ1) is 18.8. The summed E-state index contributed by atoms with van der Waals surface area (Å²) in [6.45, 7) is 5.49. The Morgan fingerprint density at radius 3 is 2.67 bits per heavy atom. The maximum absolute atomic E-state index is 12.7. The molecule has 0 atom stereocenters. The number of aryl methyl sites for hydroxylation is 1. The van der Waals surface area contributed by atoms with Crippen LogP contribution in [0.15, 0.2) is 30.5 Å². The van der Waals surface area contributed by atoms with Gasteiger partial charge >= 0.3 is 5.69 Å². The van der Waals surface area contributed by atoms with Gasteiger partial charge in [0.05, 0.1) is 12.0 Å². The molecule has 1 aromatic carbocycles. The first-order valence-corrected chi connectivity index (χ1v) is 8.88. The Morgan fingerprint density at radius 1 is 1.30 bits per heavy atom. The second-order valence-corrected chi connectivity index (χ2v) is 6.40. The molecule has 0 bridgehead atoms. The van der Waals surface area contributed by atoms with Gasteiger partial charge in [-0.2, -0.15) is 5.10 Å². The van der Waals surface area contributed by atoms with E-state index in [0.717, 1.165) is 17.9 Å². The number of nitrogens with zero attached hydrogens (tertiary/aromatic N) is 5. The molecular formula is C18H23N5O4. The first-order chi connectivity index (χ1) is 13.0. The lowest BCUT2D eigenvalue weighted by atomic mass is 10.2. The zero-order valence-electron chi connectivity index (χ0n) is 15.5. The molecule has 1 aliphatic rings. The van der Waals surface area contributed by atoms with E-state index in [0.29, 0.717) is 32.7 Å². The van der Waals surface area contributed by atoms with Crippen LogP contribution in [0.25, 0.3) is 0 Å². The predicted octanol–water partition coefficient (Wildman–Crippen LogP) is 1.78. The van der Waals surface area contributed by atoms with E-state index in [4.69, 9.17) is 4.74 Å². The molecule has 1 saturated heterocycles. The Bertz CT molecular complexity index is 827. The number of carbonyl (C=O) groups excluding carboxylic acids is 1. The minimum absolute atomic E-state index is 0.0805. The average Bonchev–Trinajstić information content (AvgIpc) is 3.13. The summed E-state index contributed by atoms with van der Waals surface area (Å²) in [5, 5.41) is 15.3. The lowest BCUT2D eigenvalue weighted by Gasteiger charge is -2.34. The highest BCUT2D eigenvalue weighted by atomic mass is 16.6. The third kappa shape index (κ3) is 4.25. The number of carbonyl (C=O) groups is 1. The van der Waals surface area contributed by atoms with Crippen LogP contribution in [-0.2, 0) is 13.1 Å². The third-order valence-corrected chi connectivity index (χ3v) is 4.67. The molecule has 144 valence electrons. The SMILES string of the molecule is CCn1cc([N+](=O)[O-])c(C(=O)N2CCN(Cc3cccc(OC)c3)CC2)n1. The predicted molar refractivity (Wildman–Crippen MR) is 98.7 cm³/mol. The molecule has 2 aromatic rings. The first-order valence-electron chi connectivity index (χ1n) is 8.88. The molecule has 0 radical (unpaired) electrons. The van der Waals surface area contributed by atoms with Crippen LogP contribution in [-0.4, -0.2) is 63.7 Å². The van der Waals surface area contributed by atoms with E-state index in [9.17, 15) is 14.9 Å². The lowest BCUT2D eigenvalue weighted by Crippen LogP contribution is -2.48. The van der Waals surface area contributed by atoms with Crippen molar-refractivity contribution in [2.24, 2.45) is 0 Å². The Kier molecular flexibility index (Phi) is 5.70. The largest absolute Gasteiger partial charge is 0.497 e. The van der Waals surface area contributed by atoms with Crippen molar-refractivity contribution >= 4 is 11.6 Å². The number of hydrogen-bond acceptors (Lipinski definition) is 6. The van der Waals surface area contributed by atoms with Crippen LogP contribution in [0.5, 0.6) is 5.75 Å². The molecule has 1 aliphatic heterocycles. The number of aromatic nitrogens is 2. The number of methoxy groups -OCH3 is 1. The maximum Gasteiger partial charge on any atom is 0.320 e. The fourth-order valence-corrected chi connectivity index (χ4v) is 3.15. The molecule has 1 aromatic heterocycles. The molecule has 1 fully saturated rings. The molecule has 9 nitrogen and oxygen atoms in total. The van der Waals surface area contributed by atoms with E-state index in [1.54, 1.807) is 12.0 Å². The highest BCUT2D eigenvalue weighted by Crippen LogP contribution is 2.20. The van der Waals surface area contributed by atoms with Gasteiger partial charge in [0, 0.05) is 39.3 Å². The fraction of sp³-hybridized carbons (Fsp3) is 0.444. The number of piperazine rings is 1. The van der Waals surface area contributed by atoms with E-state index < -0.39 is 4.92 Å². The van der Waals surface area contributed by atoms with Crippen molar-refractivity contribution in [2.45, 2.75) is 20.0 Å². The van der Waals surface area contributed by atoms with Gasteiger partial charge in [0.2, 0.25) is 5.69 Å². The molecule has 1 amide bonds. The summed E-state index contributed by atoms with van der Waals surface area (Å²) in [7, 11) is 1.64. The van der Waals surface area contributed by atoms with E-state index >= 15 is 0 Å². The number of benzene rings is 1. The molecule has 9 heteroatoms. The molecule has 0 saturated carbocycles. The van der Waals surface area contributed by atoms with Crippen molar-refractivity contribution in [2.75, 3.05) is 33.3 Å². The molecule has 0 spiro atoms. The fourth-order valence-electron chi connectivity index (χ4n) is 3.15. The number of rotatable bonds is 6. The quantitative estimate of drug-likeness (QED) is 0.566. The van der Waals surface area contributed by atoms with Crippen LogP contribution >= 0.6 is 0 Å². The van der Waals surface area contributed by atoms with Crippen molar-refractivity contribution in [3.05, 3.63) is 51.8 Å². The zero-order chi connectivity index (χ0) is 19.4. The summed E-state index contributed by atoms with van der Waals surface area (Å²) in [6, 6.07) is 7.90. The molecule has 0 N–H and O–H groups in total. The van der Waals surface area contributed by atoms with Gasteiger partial charge in [0.25, 0.3) is 5.91 Å². The summed E-state index contributed by atoms with van der Waals surface area (Å²) in [6.07, 6.45) is 1.31. The molecular weight excluding hydrogens is 350 g/mol. The molecule has 0 unspecified atom stereocenters. The Labute approximate surface area is 157 Å².